The van der Waals surface area contributed by atoms with Gasteiger partial charge in [0, 0.05) is 12.6 Å². The van der Waals surface area contributed by atoms with Crippen LogP contribution in [0.2, 0.25) is 5.02 Å². The fourth-order valence-electron chi connectivity index (χ4n) is 4.21. The van der Waals surface area contributed by atoms with Crippen LogP contribution in [-0.2, 0) is 16.1 Å². The number of hydrogen-bond donors (Lipinski definition) is 1. The molecule has 2 aliphatic rings. The Hall–Kier alpha value is -4.11. The van der Waals surface area contributed by atoms with Gasteiger partial charge >= 0.3 is 0 Å². The number of aliphatic hydroxyl groups is 1. The lowest BCUT2D eigenvalue weighted by Crippen LogP contribution is -2.29. The van der Waals surface area contributed by atoms with Gasteiger partial charge in [-0.3, -0.25) is 9.59 Å². The van der Waals surface area contributed by atoms with Crippen molar-refractivity contribution in [1.82, 2.24) is 4.90 Å². The van der Waals surface area contributed by atoms with E-state index in [-0.39, 0.29) is 41.0 Å². The highest BCUT2D eigenvalue weighted by Crippen LogP contribution is 2.44. The molecule has 0 saturated carbocycles. The van der Waals surface area contributed by atoms with E-state index in [2.05, 4.69) is 0 Å². The highest BCUT2D eigenvalue weighted by atomic mass is 35.5. The Kier molecular flexibility index (Phi) is 5.78. The van der Waals surface area contributed by atoms with Crippen molar-refractivity contribution in [2.75, 3.05) is 21.0 Å². The molecule has 2 aromatic carbocycles. The van der Waals surface area contributed by atoms with E-state index in [1.807, 2.05) is 0 Å². The molecule has 1 fully saturated rings. The summed E-state index contributed by atoms with van der Waals surface area (Å²) in [4.78, 5) is 27.8. The van der Waals surface area contributed by atoms with Gasteiger partial charge in [-0.05, 0) is 35.9 Å². The number of Topliss-reactive ketones (excluding diaryl/α,β-unsaturated/α-hetero) is 1. The molecule has 1 amide bonds. The largest absolute Gasteiger partial charge is 0.507 e. The van der Waals surface area contributed by atoms with Gasteiger partial charge in [0.25, 0.3) is 11.7 Å². The number of carbonyl (C=O) groups excluding carboxylic acids is 2. The second-order valence-corrected chi connectivity index (χ2v) is 8.22. The van der Waals surface area contributed by atoms with Crippen LogP contribution < -0.4 is 18.9 Å². The van der Waals surface area contributed by atoms with Gasteiger partial charge in [-0.15, -0.1) is 0 Å². The molecule has 5 rings (SSSR count). The summed E-state index contributed by atoms with van der Waals surface area (Å²) in [7, 11) is 2.82. The second kappa shape index (κ2) is 8.92. The van der Waals surface area contributed by atoms with Gasteiger partial charge in [-0.2, -0.15) is 0 Å². The highest BCUT2D eigenvalue weighted by Gasteiger charge is 2.47. The summed E-state index contributed by atoms with van der Waals surface area (Å²) < 4.78 is 27.0. The van der Waals surface area contributed by atoms with Crippen LogP contribution in [0.5, 0.6) is 23.0 Å². The fraction of sp³-hybridized carbons (Fsp3) is 0.200. The summed E-state index contributed by atoms with van der Waals surface area (Å²) in [6.07, 6.45) is 1.43. The number of ether oxygens (including phenoxy) is 4. The Bertz CT molecular complexity index is 1350. The minimum absolute atomic E-state index is 0.0600. The lowest BCUT2D eigenvalue weighted by molar-refractivity contribution is -0.140. The third kappa shape index (κ3) is 3.83. The summed E-state index contributed by atoms with van der Waals surface area (Å²) in [5.41, 5.74) is 0.707. The Labute approximate surface area is 205 Å². The van der Waals surface area contributed by atoms with Crippen molar-refractivity contribution >= 4 is 29.1 Å². The Morgan fingerprint density at radius 1 is 1.09 bits per heavy atom. The van der Waals surface area contributed by atoms with Gasteiger partial charge in [0.1, 0.15) is 29.1 Å². The first-order chi connectivity index (χ1) is 16.9. The van der Waals surface area contributed by atoms with E-state index in [1.54, 1.807) is 30.3 Å². The summed E-state index contributed by atoms with van der Waals surface area (Å²) in [6.45, 7) is 0.173. The lowest BCUT2D eigenvalue weighted by Gasteiger charge is -2.23. The number of nitrogens with zero attached hydrogens (tertiary/aromatic N) is 1. The van der Waals surface area contributed by atoms with Crippen molar-refractivity contribution in [1.29, 1.82) is 0 Å². The molecule has 0 radical (unpaired) electrons. The number of aliphatic hydroxyl groups excluding tert-OH is 1. The monoisotopic (exact) mass is 497 g/mol. The molecule has 0 aliphatic carbocycles. The van der Waals surface area contributed by atoms with E-state index in [4.69, 9.17) is 35.0 Å². The van der Waals surface area contributed by atoms with Crippen LogP contribution in [0.1, 0.15) is 22.9 Å². The predicted molar refractivity (Wildman–Crippen MR) is 124 cm³/mol. The number of methoxy groups -OCH3 is 2. The van der Waals surface area contributed by atoms with Gasteiger partial charge in [-0.1, -0.05) is 17.7 Å². The molecule has 2 aliphatic heterocycles. The van der Waals surface area contributed by atoms with Crippen molar-refractivity contribution in [2.24, 2.45) is 0 Å². The van der Waals surface area contributed by atoms with E-state index in [9.17, 15) is 14.7 Å². The summed E-state index contributed by atoms with van der Waals surface area (Å²) in [5.74, 6) is -0.164. The van der Waals surface area contributed by atoms with Crippen LogP contribution in [0, 0.1) is 0 Å². The molecule has 0 spiro atoms. The van der Waals surface area contributed by atoms with Crippen molar-refractivity contribution < 1.29 is 38.1 Å². The summed E-state index contributed by atoms with van der Waals surface area (Å²) >= 11 is 6.19. The maximum Gasteiger partial charge on any atom is 0.296 e. The molecule has 35 heavy (non-hydrogen) atoms. The molecule has 0 bridgehead atoms. The van der Waals surface area contributed by atoms with E-state index < -0.39 is 23.5 Å². The normalized spacial score (nSPS) is 18.3. The topological polar surface area (TPSA) is 108 Å². The van der Waals surface area contributed by atoms with Crippen LogP contribution in [0.25, 0.3) is 5.76 Å². The minimum atomic E-state index is -0.984. The van der Waals surface area contributed by atoms with Gasteiger partial charge in [0.15, 0.2) is 11.5 Å². The number of likely N-dealkylation sites (tertiary alicyclic amines) is 1. The van der Waals surface area contributed by atoms with E-state index in [0.29, 0.717) is 22.8 Å². The number of halogens is 1. The SMILES string of the molecule is COc1cc(/C(O)=C2\C(=O)C(=O)N(Cc3ccc4c(c3)OCO4)C2c2ccco2)c(OC)cc1Cl. The first-order valence-electron chi connectivity index (χ1n) is 10.5. The number of ketones is 1. The van der Waals surface area contributed by atoms with Gasteiger partial charge in [0.2, 0.25) is 6.79 Å². The fourth-order valence-corrected chi connectivity index (χ4v) is 4.44. The average molecular weight is 498 g/mol. The zero-order valence-corrected chi connectivity index (χ0v) is 19.5. The number of fused-ring (bicyclic) bond motifs is 1. The van der Waals surface area contributed by atoms with Gasteiger partial charge in [-0.25, -0.2) is 0 Å². The summed E-state index contributed by atoms with van der Waals surface area (Å²) in [5, 5.41) is 11.6. The molecule has 180 valence electrons. The number of benzene rings is 2. The highest BCUT2D eigenvalue weighted by molar-refractivity contribution is 6.46. The maximum absolute atomic E-state index is 13.2. The van der Waals surface area contributed by atoms with E-state index in [0.717, 1.165) is 0 Å². The quantitative estimate of drug-likeness (QED) is 0.305. The zero-order valence-electron chi connectivity index (χ0n) is 18.7. The molecule has 1 atom stereocenters. The zero-order chi connectivity index (χ0) is 24.7. The van der Waals surface area contributed by atoms with Gasteiger partial charge in [0.05, 0.1) is 36.6 Å². The standard InChI is InChI=1S/C25H20ClNO8/c1-31-18-10-15(26)19(32-2)9-14(18)23(28)21-22(17-4-3-7-33-17)27(25(30)24(21)29)11-13-5-6-16-20(8-13)35-12-34-16/h3-10,22,28H,11-12H2,1-2H3/b23-21+. The molecule has 3 heterocycles. The van der Waals surface area contributed by atoms with Crippen molar-refractivity contribution in [3.63, 3.8) is 0 Å². The molecule has 3 aromatic rings. The first kappa shape index (κ1) is 22.7. The molecule has 1 saturated heterocycles. The molecule has 9 nitrogen and oxygen atoms in total. The number of rotatable bonds is 6. The van der Waals surface area contributed by atoms with Crippen LogP contribution in [0.4, 0.5) is 0 Å². The van der Waals surface area contributed by atoms with Crippen molar-refractivity contribution in [3.05, 3.63) is 76.2 Å². The second-order valence-electron chi connectivity index (χ2n) is 7.82. The van der Waals surface area contributed by atoms with Crippen LogP contribution in [0.15, 0.2) is 58.7 Å². The third-order valence-corrected chi connectivity index (χ3v) is 6.17. The number of hydrogen-bond acceptors (Lipinski definition) is 8. The van der Waals surface area contributed by atoms with Crippen molar-refractivity contribution in [2.45, 2.75) is 12.6 Å². The molecular formula is C25H20ClNO8. The Balaban J connectivity index is 1.63. The van der Waals surface area contributed by atoms with Crippen LogP contribution in [0.3, 0.4) is 0 Å². The van der Waals surface area contributed by atoms with Crippen LogP contribution >= 0.6 is 11.6 Å². The molecule has 1 unspecified atom stereocenters. The predicted octanol–water partition coefficient (Wildman–Crippen LogP) is 4.30. The maximum atomic E-state index is 13.2. The Morgan fingerprint density at radius 3 is 2.57 bits per heavy atom. The van der Waals surface area contributed by atoms with Crippen molar-refractivity contribution in [3.8, 4) is 23.0 Å². The first-order valence-corrected chi connectivity index (χ1v) is 10.9. The summed E-state index contributed by atoms with van der Waals surface area (Å²) in [6, 6.07) is 10.5. The Morgan fingerprint density at radius 2 is 1.86 bits per heavy atom. The van der Waals surface area contributed by atoms with Crippen LogP contribution in [-0.4, -0.2) is 42.7 Å². The molecular weight excluding hydrogens is 478 g/mol. The molecule has 1 aromatic heterocycles. The molecule has 10 heteroatoms. The minimum Gasteiger partial charge on any atom is -0.507 e. The third-order valence-electron chi connectivity index (χ3n) is 5.87. The number of carbonyl (C=O) groups is 2. The lowest BCUT2D eigenvalue weighted by atomic mass is 9.98. The van der Waals surface area contributed by atoms with E-state index in [1.165, 1.54) is 37.5 Å². The molecule has 1 N–H and O–H groups in total. The van der Waals surface area contributed by atoms with E-state index >= 15 is 0 Å². The van der Waals surface area contributed by atoms with Gasteiger partial charge < -0.3 is 33.4 Å². The number of furan rings is 1. The smallest absolute Gasteiger partial charge is 0.296 e. The number of amides is 1. The average Bonchev–Trinajstić information content (AvgIpc) is 3.60.